The molecule has 0 radical (unpaired) electrons. The first-order valence-corrected chi connectivity index (χ1v) is 8.04. The fourth-order valence-electron chi connectivity index (χ4n) is 2.49. The van der Waals surface area contributed by atoms with Crippen LogP contribution < -0.4 is 16.2 Å². The number of amides is 2. The van der Waals surface area contributed by atoms with Gasteiger partial charge in [0.05, 0.1) is 11.2 Å². The van der Waals surface area contributed by atoms with Crippen LogP contribution in [0.3, 0.4) is 0 Å². The molecular formula is C19H15F2N3O3. The molecule has 0 saturated carbocycles. The van der Waals surface area contributed by atoms with Gasteiger partial charge in [-0.2, -0.15) is 0 Å². The third kappa shape index (κ3) is 4.00. The summed E-state index contributed by atoms with van der Waals surface area (Å²) in [5, 5.41) is 5.21. The Bertz CT molecular complexity index is 1090. The first kappa shape index (κ1) is 18.2. The highest BCUT2D eigenvalue weighted by molar-refractivity contribution is 6.02. The number of aromatic nitrogens is 1. The number of anilines is 1. The number of benzene rings is 2. The lowest BCUT2D eigenvalue weighted by Gasteiger charge is -2.14. The van der Waals surface area contributed by atoms with E-state index in [0.717, 1.165) is 6.07 Å². The lowest BCUT2D eigenvalue weighted by atomic mass is 10.1. The van der Waals surface area contributed by atoms with E-state index in [2.05, 4.69) is 15.6 Å². The van der Waals surface area contributed by atoms with Crippen LogP contribution in [0.15, 0.2) is 53.3 Å². The van der Waals surface area contributed by atoms with Crippen molar-refractivity contribution in [2.75, 3.05) is 5.32 Å². The molecule has 0 fully saturated rings. The van der Waals surface area contributed by atoms with E-state index < -0.39 is 35.0 Å². The summed E-state index contributed by atoms with van der Waals surface area (Å²) >= 11 is 0. The zero-order valence-corrected chi connectivity index (χ0v) is 14.2. The maximum atomic E-state index is 13.6. The highest BCUT2D eigenvalue weighted by atomic mass is 19.1. The Morgan fingerprint density at radius 3 is 2.56 bits per heavy atom. The fourth-order valence-corrected chi connectivity index (χ4v) is 2.49. The Morgan fingerprint density at radius 2 is 1.81 bits per heavy atom. The number of hydrogen-bond acceptors (Lipinski definition) is 3. The molecule has 1 unspecified atom stereocenters. The molecule has 8 heteroatoms. The predicted molar refractivity (Wildman–Crippen MR) is 96.5 cm³/mol. The second kappa shape index (κ2) is 7.36. The number of nitrogens with one attached hydrogen (secondary N) is 3. The molecule has 2 amide bonds. The molecule has 0 aliphatic carbocycles. The molecule has 1 aromatic heterocycles. The Hall–Kier alpha value is -3.55. The van der Waals surface area contributed by atoms with Crippen LogP contribution in [0.2, 0.25) is 0 Å². The lowest BCUT2D eigenvalue weighted by Crippen LogP contribution is -2.43. The molecule has 3 aromatic rings. The van der Waals surface area contributed by atoms with Crippen LogP contribution >= 0.6 is 0 Å². The maximum Gasteiger partial charge on any atom is 0.261 e. The zero-order chi connectivity index (χ0) is 19.6. The van der Waals surface area contributed by atoms with E-state index in [-0.39, 0.29) is 16.8 Å². The molecule has 6 nitrogen and oxygen atoms in total. The number of carbonyl (C=O) groups excluding carboxylic acids is 2. The van der Waals surface area contributed by atoms with Crippen LogP contribution in [0, 0.1) is 11.6 Å². The summed E-state index contributed by atoms with van der Waals surface area (Å²) in [5.41, 5.74) is -0.706. The van der Waals surface area contributed by atoms with Gasteiger partial charge >= 0.3 is 0 Å². The van der Waals surface area contributed by atoms with Crippen molar-refractivity contribution in [1.82, 2.24) is 10.3 Å². The second-order valence-corrected chi connectivity index (χ2v) is 5.91. The third-order valence-electron chi connectivity index (χ3n) is 3.93. The van der Waals surface area contributed by atoms with Crippen molar-refractivity contribution in [2.45, 2.75) is 13.0 Å². The van der Waals surface area contributed by atoms with E-state index in [4.69, 9.17) is 0 Å². The average Bonchev–Trinajstić information content (AvgIpc) is 2.62. The molecule has 1 atom stereocenters. The van der Waals surface area contributed by atoms with Gasteiger partial charge in [-0.05, 0) is 48.7 Å². The lowest BCUT2D eigenvalue weighted by molar-refractivity contribution is -0.117. The minimum absolute atomic E-state index is 0.0193. The Labute approximate surface area is 152 Å². The number of carbonyl (C=O) groups is 2. The van der Waals surface area contributed by atoms with Crippen molar-refractivity contribution in [3.05, 3.63) is 76.1 Å². The normalized spacial score (nSPS) is 11.8. The van der Waals surface area contributed by atoms with Crippen LogP contribution in [0.4, 0.5) is 14.5 Å². The summed E-state index contributed by atoms with van der Waals surface area (Å²) in [6.07, 6.45) is 0. The summed E-state index contributed by atoms with van der Waals surface area (Å²) in [5.74, 6) is -2.55. The highest BCUT2D eigenvalue weighted by Crippen LogP contribution is 2.14. The predicted octanol–water partition coefficient (Wildman–Crippen LogP) is 2.56. The Kier molecular flexibility index (Phi) is 4.98. The summed E-state index contributed by atoms with van der Waals surface area (Å²) in [6.45, 7) is 1.40. The molecular weight excluding hydrogens is 356 g/mol. The van der Waals surface area contributed by atoms with Crippen LogP contribution in [0.25, 0.3) is 10.9 Å². The molecule has 27 heavy (non-hydrogen) atoms. The van der Waals surface area contributed by atoms with Crippen LogP contribution in [-0.2, 0) is 4.79 Å². The first-order chi connectivity index (χ1) is 12.8. The Balaban J connectivity index is 1.76. The topological polar surface area (TPSA) is 91.1 Å². The monoisotopic (exact) mass is 371 g/mol. The van der Waals surface area contributed by atoms with E-state index >= 15 is 0 Å². The number of aromatic amines is 1. The van der Waals surface area contributed by atoms with E-state index in [1.165, 1.54) is 43.3 Å². The van der Waals surface area contributed by atoms with E-state index in [9.17, 15) is 23.2 Å². The van der Waals surface area contributed by atoms with Crippen molar-refractivity contribution in [1.29, 1.82) is 0 Å². The van der Waals surface area contributed by atoms with Crippen molar-refractivity contribution in [3.8, 4) is 0 Å². The molecule has 3 N–H and O–H groups in total. The van der Waals surface area contributed by atoms with Crippen molar-refractivity contribution in [2.24, 2.45) is 0 Å². The van der Waals surface area contributed by atoms with E-state index in [1.807, 2.05) is 0 Å². The SMILES string of the molecule is CC(NC(=O)c1cc2ccc(F)cc2[nH]c1=O)C(=O)Nc1ccccc1F. The molecule has 0 aliphatic rings. The van der Waals surface area contributed by atoms with Crippen molar-refractivity contribution < 1.29 is 18.4 Å². The van der Waals surface area contributed by atoms with Crippen LogP contribution in [0.5, 0.6) is 0 Å². The van der Waals surface area contributed by atoms with Crippen molar-refractivity contribution in [3.63, 3.8) is 0 Å². The largest absolute Gasteiger partial charge is 0.340 e. The van der Waals surface area contributed by atoms with Gasteiger partial charge in [-0.3, -0.25) is 14.4 Å². The van der Waals surface area contributed by atoms with E-state index in [1.54, 1.807) is 6.07 Å². The van der Waals surface area contributed by atoms with Gasteiger partial charge in [-0.1, -0.05) is 12.1 Å². The van der Waals surface area contributed by atoms with Crippen LogP contribution in [0.1, 0.15) is 17.3 Å². The number of halogens is 2. The molecule has 0 spiro atoms. The number of hydrogen-bond donors (Lipinski definition) is 3. The van der Waals surface area contributed by atoms with Gasteiger partial charge in [0.25, 0.3) is 11.5 Å². The molecule has 138 valence electrons. The second-order valence-electron chi connectivity index (χ2n) is 5.91. The minimum Gasteiger partial charge on any atom is -0.340 e. The van der Waals surface area contributed by atoms with E-state index in [0.29, 0.717) is 5.39 Å². The number of fused-ring (bicyclic) bond motifs is 1. The molecule has 0 bridgehead atoms. The summed E-state index contributed by atoms with van der Waals surface area (Å²) < 4.78 is 26.8. The van der Waals surface area contributed by atoms with Crippen LogP contribution in [-0.4, -0.2) is 22.8 Å². The maximum absolute atomic E-state index is 13.6. The van der Waals surface area contributed by atoms with Gasteiger partial charge in [0.1, 0.15) is 23.2 Å². The number of H-pyrrole nitrogens is 1. The number of pyridine rings is 1. The zero-order valence-electron chi connectivity index (χ0n) is 14.2. The molecule has 2 aromatic carbocycles. The third-order valence-corrected chi connectivity index (χ3v) is 3.93. The molecule has 3 rings (SSSR count). The highest BCUT2D eigenvalue weighted by Gasteiger charge is 2.20. The summed E-state index contributed by atoms with van der Waals surface area (Å²) in [4.78, 5) is 39.0. The average molecular weight is 371 g/mol. The fraction of sp³-hybridized carbons (Fsp3) is 0.105. The van der Waals surface area contributed by atoms with Gasteiger partial charge < -0.3 is 15.6 Å². The first-order valence-electron chi connectivity index (χ1n) is 8.04. The Morgan fingerprint density at radius 1 is 1.07 bits per heavy atom. The van der Waals surface area contributed by atoms with Gasteiger partial charge in [0.2, 0.25) is 5.91 Å². The summed E-state index contributed by atoms with van der Waals surface area (Å²) in [7, 11) is 0. The summed E-state index contributed by atoms with van der Waals surface area (Å²) in [6, 6.07) is 9.66. The van der Waals surface area contributed by atoms with Crippen molar-refractivity contribution >= 4 is 28.4 Å². The van der Waals surface area contributed by atoms with Gasteiger partial charge in [-0.15, -0.1) is 0 Å². The molecule has 1 heterocycles. The van der Waals surface area contributed by atoms with Gasteiger partial charge in [0, 0.05) is 0 Å². The molecule has 0 aliphatic heterocycles. The number of rotatable bonds is 4. The smallest absolute Gasteiger partial charge is 0.261 e. The minimum atomic E-state index is -1.03. The standard InChI is InChI=1S/C19H15F2N3O3/c1-10(17(25)23-15-5-3-2-4-14(15)21)22-18(26)13-8-11-6-7-12(20)9-16(11)24-19(13)27/h2-10H,1H3,(H,22,26)(H,23,25)(H,24,27). The molecule has 0 saturated heterocycles. The van der Waals surface area contributed by atoms with Gasteiger partial charge in [0.15, 0.2) is 0 Å². The van der Waals surface area contributed by atoms with Gasteiger partial charge in [-0.25, -0.2) is 8.78 Å². The quantitative estimate of drug-likeness (QED) is 0.658. The number of para-hydroxylation sites is 1.